The van der Waals surface area contributed by atoms with Crippen LogP contribution in [0.1, 0.15) is 24.2 Å². The van der Waals surface area contributed by atoms with Crippen LogP contribution in [0.15, 0.2) is 42.5 Å². The summed E-state index contributed by atoms with van der Waals surface area (Å²) in [5.74, 6) is -1.84. The number of amides is 2. The quantitative estimate of drug-likeness (QED) is 0.556. The van der Waals surface area contributed by atoms with Crippen LogP contribution < -0.4 is 5.32 Å². The summed E-state index contributed by atoms with van der Waals surface area (Å²) in [6.07, 6.45) is 0. The topological polar surface area (TPSA) is 136 Å². The molecule has 0 spiro atoms. The Kier molecular flexibility index (Phi) is 6.55. The van der Waals surface area contributed by atoms with E-state index in [1.165, 1.54) is 12.1 Å². The Bertz CT molecular complexity index is 929. The normalized spacial score (nSPS) is 10.5. The van der Waals surface area contributed by atoms with Gasteiger partial charge in [-0.25, -0.2) is 4.39 Å². The number of nitrogens with one attached hydrogen (secondary N) is 1. The van der Waals surface area contributed by atoms with Crippen LogP contribution in [-0.2, 0) is 4.79 Å². The molecule has 0 atom stereocenters. The van der Waals surface area contributed by atoms with Gasteiger partial charge in [0, 0.05) is 23.9 Å². The minimum absolute atomic E-state index is 0.283. The lowest BCUT2D eigenvalue weighted by Gasteiger charge is -2.26. The first-order chi connectivity index (χ1) is 13.6. The highest BCUT2D eigenvalue weighted by Crippen LogP contribution is 2.24. The molecule has 152 valence electrons. The number of anilines is 1. The number of rotatable bonds is 7. The van der Waals surface area contributed by atoms with Gasteiger partial charge in [-0.05, 0) is 38.1 Å². The molecule has 0 bridgehead atoms. The van der Waals surface area contributed by atoms with Crippen LogP contribution in [-0.4, -0.2) is 39.1 Å². The van der Waals surface area contributed by atoms with Gasteiger partial charge in [0.2, 0.25) is 5.91 Å². The Morgan fingerprint density at radius 3 is 2.00 bits per heavy atom. The first kappa shape index (κ1) is 21.4. The number of benzene rings is 2. The third kappa shape index (κ3) is 5.54. The van der Waals surface area contributed by atoms with Crippen molar-refractivity contribution in [2.24, 2.45) is 0 Å². The average Bonchev–Trinajstić information content (AvgIpc) is 2.66. The van der Waals surface area contributed by atoms with Crippen LogP contribution in [0.4, 0.5) is 21.5 Å². The summed E-state index contributed by atoms with van der Waals surface area (Å²) in [6, 6.07) is 7.10. The maximum atomic E-state index is 13.0. The van der Waals surface area contributed by atoms with Crippen molar-refractivity contribution >= 4 is 28.9 Å². The molecule has 2 rings (SSSR count). The smallest absolute Gasteiger partial charge is 0.277 e. The Balaban J connectivity index is 2.27. The van der Waals surface area contributed by atoms with E-state index < -0.39 is 51.4 Å². The number of nitro groups is 2. The molecule has 1 N–H and O–H groups in total. The van der Waals surface area contributed by atoms with E-state index in [1.54, 1.807) is 13.8 Å². The zero-order valence-electron chi connectivity index (χ0n) is 15.5. The standard InChI is InChI=1S/C18H17FN4O6/c1-11(2)21(10-17(24)20-14-5-3-13(19)4-6-14)18(25)12-7-15(22(26)27)9-16(8-12)23(28)29/h3-9,11H,10H2,1-2H3,(H,20,24). The summed E-state index contributed by atoms with van der Waals surface area (Å²) in [5, 5.41) is 24.6. The Hall–Kier alpha value is -3.89. The van der Waals surface area contributed by atoms with Gasteiger partial charge in [0.1, 0.15) is 12.4 Å². The molecule has 0 heterocycles. The summed E-state index contributed by atoms with van der Waals surface area (Å²) in [5.41, 5.74) is -1.18. The predicted molar refractivity (Wildman–Crippen MR) is 101 cm³/mol. The van der Waals surface area contributed by atoms with E-state index in [2.05, 4.69) is 5.32 Å². The molecule has 0 aliphatic rings. The average molecular weight is 404 g/mol. The SMILES string of the molecule is CC(C)N(CC(=O)Nc1ccc(F)cc1)C(=O)c1cc([N+](=O)[O-])cc([N+](=O)[O-])c1. The first-order valence-electron chi connectivity index (χ1n) is 8.38. The summed E-state index contributed by atoms with van der Waals surface area (Å²) in [6.45, 7) is 2.83. The van der Waals surface area contributed by atoms with Crippen LogP contribution >= 0.6 is 0 Å². The number of hydrogen-bond donors (Lipinski definition) is 1. The first-order valence-corrected chi connectivity index (χ1v) is 8.38. The van der Waals surface area contributed by atoms with Gasteiger partial charge >= 0.3 is 0 Å². The number of nitrogens with zero attached hydrogens (tertiary/aromatic N) is 3. The molecule has 0 radical (unpaired) electrons. The monoisotopic (exact) mass is 404 g/mol. The van der Waals surface area contributed by atoms with Crippen molar-refractivity contribution in [3.63, 3.8) is 0 Å². The maximum absolute atomic E-state index is 13.0. The Morgan fingerprint density at radius 2 is 1.55 bits per heavy atom. The summed E-state index contributed by atoms with van der Waals surface area (Å²) < 4.78 is 13.0. The van der Waals surface area contributed by atoms with Crippen molar-refractivity contribution in [1.29, 1.82) is 0 Å². The molecular weight excluding hydrogens is 387 g/mol. The molecule has 0 fully saturated rings. The predicted octanol–water partition coefficient (Wildman–Crippen LogP) is 3.13. The van der Waals surface area contributed by atoms with Crippen molar-refractivity contribution in [2.45, 2.75) is 19.9 Å². The van der Waals surface area contributed by atoms with Gasteiger partial charge in [0.25, 0.3) is 17.3 Å². The fourth-order valence-electron chi connectivity index (χ4n) is 2.47. The number of carbonyl (C=O) groups excluding carboxylic acids is 2. The third-order valence-corrected chi connectivity index (χ3v) is 3.90. The van der Waals surface area contributed by atoms with Crippen LogP contribution in [0.5, 0.6) is 0 Å². The minimum atomic E-state index is -0.843. The second-order valence-electron chi connectivity index (χ2n) is 6.33. The molecular formula is C18H17FN4O6. The van der Waals surface area contributed by atoms with E-state index in [-0.39, 0.29) is 5.56 Å². The molecule has 0 aromatic heterocycles. The fraction of sp³-hybridized carbons (Fsp3) is 0.222. The van der Waals surface area contributed by atoms with E-state index in [4.69, 9.17) is 0 Å². The van der Waals surface area contributed by atoms with Gasteiger partial charge in [-0.15, -0.1) is 0 Å². The van der Waals surface area contributed by atoms with E-state index >= 15 is 0 Å². The van der Waals surface area contributed by atoms with E-state index in [0.29, 0.717) is 5.69 Å². The zero-order valence-corrected chi connectivity index (χ0v) is 15.5. The lowest BCUT2D eigenvalue weighted by molar-refractivity contribution is -0.394. The van der Waals surface area contributed by atoms with Gasteiger partial charge in [0.15, 0.2) is 0 Å². The number of nitro benzene ring substituents is 2. The van der Waals surface area contributed by atoms with Gasteiger partial charge in [-0.1, -0.05) is 0 Å². The summed E-state index contributed by atoms with van der Waals surface area (Å²) in [7, 11) is 0. The molecule has 0 saturated carbocycles. The third-order valence-electron chi connectivity index (χ3n) is 3.90. The molecule has 2 amide bonds. The minimum Gasteiger partial charge on any atom is -0.327 e. The lowest BCUT2D eigenvalue weighted by Crippen LogP contribution is -2.42. The second kappa shape index (κ2) is 8.87. The van der Waals surface area contributed by atoms with Crippen LogP contribution in [0.25, 0.3) is 0 Å². The molecule has 0 aliphatic carbocycles. The fourth-order valence-corrected chi connectivity index (χ4v) is 2.47. The van der Waals surface area contributed by atoms with E-state index in [0.717, 1.165) is 35.2 Å². The van der Waals surface area contributed by atoms with Crippen molar-refractivity contribution < 1.29 is 23.8 Å². The van der Waals surface area contributed by atoms with Crippen molar-refractivity contribution in [3.8, 4) is 0 Å². The number of carbonyl (C=O) groups is 2. The number of hydrogen-bond acceptors (Lipinski definition) is 6. The molecule has 11 heteroatoms. The molecule has 0 aliphatic heterocycles. The molecule has 0 unspecified atom stereocenters. The highest BCUT2D eigenvalue weighted by atomic mass is 19.1. The lowest BCUT2D eigenvalue weighted by atomic mass is 10.1. The van der Waals surface area contributed by atoms with Gasteiger partial charge in [-0.2, -0.15) is 0 Å². The van der Waals surface area contributed by atoms with Crippen molar-refractivity contribution in [3.05, 3.63) is 74.1 Å². The molecule has 0 saturated heterocycles. The van der Waals surface area contributed by atoms with Gasteiger partial charge in [0.05, 0.1) is 21.5 Å². The number of halogens is 1. The van der Waals surface area contributed by atoms with E-state index in [9.17, 15) is 34.2 Å². The molecule has 10 nitrogen and oxygen atoms in total. The maximum Gasteiger partial charge on any atom is 0.277 e. The van der Waals surface area contributed by atoms with Gasteiger partial charge < -0.3 is 10.2 Å². The largest absolute Gasteiger partial charge is 0.327 e. The van der Waals surface area contributed by atoms with Crippen molar-refractivity contribution in [1.82, 2.24) is 4.90 Å². The highest BCUT2D eigenvalue weighted by Gasteiger charge is 2.26. The molecule has 2 aromatic rings. The number of non-ortho nitro benzene ring substituents is 2. The van der Waals surface area contributed by atoms with Crippen LogP contribution in [0.3, 0.4) is 0 Å². The van der Waals surface area contributed by atoms with Crippen LogP contribution in [0.2, 0.25) is 0 Å². The van der Waals surface area contributed by atoms with E-state index in [1.807, 2.05) is 0 Å². The van der Waals surface area contributed by atoms with Crippen molar-refractivity contribution in [2.75, 3.05) is 11.9 Å². The Labute approximate surface area is 164 Å². The Morgan fingerprint density at radius 1 is 1.03 bits per heavy atom. The highest BCUT2D eigenvalue weighted by molar-refractivity contribution is 6.00. The zero-order chi connectivity index (χ0) is 21.7. The van der Waals surface area contributed by atoms with Crippen LogP contribution in [0, 0.1) is 26.0 Å². The second-order valence-corrected chi connectivity index (χ2v) is 6.33. The molecule has 2 aromatic carbocycles. The summed E-state index contributed by atoms with van der Waals surface area (Å²) in [4.78, 5) is 46.6. The molecule has 29 heavy (non-hydrogen) atoms. The summed E-state index contributed by atoms with van der Waals surface area (Å²) >= 11 is 0. The van der Waals surface area contributed by atoms with Gasteiger partial charge in [-0.3, -0.25) is 29.8 Å².